The summed E-state index contributed by atoms with van der Waals surface area (Å²) in [6, 6.07) is 0.445. The monoisotopic (exact) mass is 200 g/mol. The Labute approximate surface area is 87.4 Å². The van der Waals surface area contributed by atoms with Crippen LogP contribution in [0.2, 0.25) is 0 Å². The number of rotatable bonds is 6. The van der Waals surface area contributed by atoms with Crippen LogP contribution in [0.5, 0.6) is 0 Å². The second-order valence-electron chi connectivity index (χ2n) is 5.25. The number of hydrazine groups is 1. The van der Waals surface area contributed by atoms with Crippen LogP contribution in [0.1, 0.15) is 33.6 Å². The van der Waals surface area contributed by atoms with Crippen LogP contribution < -0.4 is 11.3 Å². The van der Waals surface area contributed by atoms with Crippen molar-refractivity contribution in [2.75, 3.05) is 13.7 Å². The molecule has 0 aliphatic heterocycles. The van der Waals surface area contributed by atoms with Crippen molar-refractivity contribution in [3.8, 4) is 0 Å². The molecule has 1 aliphatic rings. The molecular weight excluding hydrogens is 176 g/mol. The summed E-state index contributed by atoms with van der Waals surface area (Å²) in [4.78, 5) is 0. The zero-order valence-corrected chi connectivity index (χ0v) is 9.84. The van der Waals surface area contributed by atoms with E-state index < -0.39 is 0 Å². The molecule has 0 bridgehead atoms. The highest BCUT2D eigenvalue weighted by molar-refractivity contribution is 5.02. The summed E-state index contributed by atoms with van der Waals surface area (Å²) < 4.78 is 5.09. The lowest BCUT2D eigenvalue weighted by Crippen LogP contribution is -2.43. The number of nitrogens with one attached hydrogen (secondary N) is 1. The molecule has 1 fully saturated rings. The molecule has 3 N–H and O–H groups in total. The molecule has 3 unspecified atom stereocenters. The van der Waals surface area contributed by atoms with Gasteiger partial charge in [-0.05, 0) is 30.1 Å². The van der Waals surface area contributed by atoms with Gasteiger partial charge in [0.25, 0.3) is 0 Å². The first-order valence-corrected chi connectivity index (χ1v) is 5.48. The number of hydrogen-bond acceptors (Lipinski definition) is 3. The van der Waals surface area contributed by atoms with Crippen molar-refractivity contribution in [1.82, 2.24) is 5.43 Å². The van der Waals surface area contributed by atoms with Crippen LogP contribution in [0.4, 0.5) is 0 Å². The van der Waals surface area contributed by atoms with Crippen LogP contribution in [-0.2, 0) is 4.74 Å². The van der Waals surface area contributed by atoms with E-state index in [1.165, 1.54) is 6.42 Å². The topological polar surface area (TPSA) is 47.3 Å². The summed E-state index contributed by atoms with van der Waals surface area (Å²) in [6.07, 6.45) is 2.37. The van der Waals surface area contributed by atoms with Crippen LogP contribution in [0.25, 0.3) is 0 Å². The Bertz CT molecular complexity index is 182. The second-order valence-corrected chi connectivity index (χ2v) is 5.25. The zero-order valence-electron chi connectivity index (χ0n) is 9.84. The van der Waals surface area contributed by atoms with Crippen molar-refractivity contribution in [1.29, 1.82) is 0 Å². The van der Waals surface area contributed by atoms with E-state index in [-0.39, 0.29) is 0 Å². The molecule has 0 spiro atoms. The first-order valence-electron chi connectivity index (χ1n) is 5.48. The molecule has 0 amide bonds. The van der Waals surface area contributed by atoms with Crippen molar-refractivity contribution in [2.24, 2.45) is 23.1 Å². The van der Waals surface area contributed by atoms with Gasteiger partial charge in [-0.15, -0.1) is 0 Å². The highest BCUT2D eigenvalue weighted by Crippen LogP contribution is 2.54. The van der Waals surface area contributed by atoms with E-state index in [4.69, 9.17) is 10.6 Å². The molecule has 1 rings (SSSR count). The average Bonchev–Trinajstić information content (AvgIpc) is 2.73. The Morgan fingerprint density at radius 2 is 2.14 bits per heavy atom. The van der Waals surface area contributed by atoms with Crippen LogP contribution in [0.3, 0.4) is 0 Å². The minimum absolute atomic E-state index is 0.445. The molecule has 1 saturated carbocycles. The average molecular weight is 200 g/mol. The van der Waals surface area contributed by atoms with Gasteiger partial charge in [-0.3, -0.25) is 11.3 Å². The molecule has 0 heterocycles. The van der Waals surface area contributed by atoms with Crippen molar-refractivity contribution in [3.63, 3.8) is 0 Å². The molecule has 0 aromatic carbocycles. The van der Waals surface area contributed by atoms with E-state index in [1.54, 1.807) is 7.11 Å². The Morgan fingerprint density at radius 3 is 2.50 bits per heavy atom. The van der Waals surface area contributed by atoms with E-state index in [1.807, 2.05) is 0 Å². The Kier molecular flexibility index (Phi) is 3.93. The molecular formula is C11H24N2O. The maximum absolute atomic E-state index is 5.62. The molecule has 1 aliphatic carbocycles. The lowest BCUT2D eigenvalue weighted by atomic mass is 9.91. The fourth-order valence-electron chi connectivity index (χ4n) is 2.28. The third-order valence-corrected chi connectivity index (χ3v) is 3.61. The molecule has 3 heteroatoms. The minimum Gasteiger partial charge on any atom is -0.385 e. The smallest absolute Gasteiger partial charge is 0.0465 e. The molecule has 84 valence electrons. The van der Waals surface area contributed by atoms with Gasteiger partial charge in [-0.2, -0.15) is 0 Å². The number of hydrogen-bond donors (Lipinski definition) is 2. The lowest BCUT2D eigenvalue weighted by Gasteiger charge is -2.24. The number of ether oxygens (including phenoxy) is 1. The van der Waals surface area contributed by atoms with E-state index in [2.05, 4.69) is 26.2 Å². The Hall–Kier alpha value is -0.120. The molecule has 0 saturated heterocycles. The second kappa shape index (κ2) is 4.60. The third kappa shape index (κ3) is 2.69. The summed E-state index contributed by atoms with van der Waals surface area (Å²) >= 11 is 0. The first-order chi connectivity index (χ1) is 6.53. The molecule has 3 atom stereocenters. The largest absolute Gasteiger partial charge is 0.385 e. The Balaban J connectivity index is 2.38. The predicted octanol–water partition coefficient (Wildman–Crippen LogP) is 1.54. The normalized spacial score (nSPS) is 28.5. The molecule has 0 radical (unpaired) electrons. The fourth-order valence-corrected chi connectivity index (χ4v) is 2.28. The quantitative estimate of drug-likeness (QED) is 0.505. The molecule has 0 aromatic heterocycles. The van der Waals surface area contributed by atoms with Crippen LogP contribution in [0, 0.1) is 17.3 Å². The Morgan fingerprint density at radius 1 is 1.57 bits per heavy atom. The maximum atomic E-state index is 5.62. The molecule has 0 aromatic rings. The zero-order chi connectivity index (χ0) is 10.8. The van der Waals surface area contributed by atoms with Gasteiger partial charge in [0.15, 0.2) is 0 Å². The van der Waals surface area contributed by atoms with Gasteiger partial charge < -0.3 is 4.74 Å². The van der Waals surface area contributed by atoms with E-state index in [0.29, 0.717) is 17.4 Å². The third-order valence-electron chi connectivity index (χ3n) is 3.61. The number of nitrogens with two attached hydrogens (primary N) is 1. The van der Waals surface area contributed by atoms with Gasteiger partial charge in [-0.25, -0.2) is 0 Å². The minimum atomic E-state index is 0.445. The molecule has 14 heavy (non-hydrogen) atoms. The summed E-state index contributed by atoms with van der Waals surface area (Å²) in [5.41, 5.74) is 3.46. The number of methoxy groups -OCH3 is 1. The first kappa shape index (κ1) is 12.0. The lowest BCUT2D eigenvalue weighted by molar-refractivity contribution is 0.164. The van der Waals surface area contributed by atoms with Crippen molar-refractivity contribution >= 4 is 0 Å². The molecule has 3 nitrogen and oxygen atoms in total. The van der Waals surface area contributed by atoms with Crippen LogP contribution >= 0.6 is 0 Å². The van der Waals surface area contributed by atoms with Crippen molar-refractivity contribution < 1.29 is 4.74 Å². The van der Waals surface area contributed by atoms with Crippen LogP contribution in [0.15, 0.2) is 0 Å². The SMILES string of the molecule is COCCC(C)C(NN)C1CC1(C)C. The van der Waals surface area contributed by atoms with Gasteiger partial charge in [0.2, 0.25) is 0 Å². The predicted molar refractivity (Wildman–Crippen MR) is 58.7 cm³/mol. The van der Waals surface area contributed by atoms with Gasteiger partial charge in [-0.1, -0.05) is 20.8 Å². The standard InChI is InChI=1S/C11H24N2O/c1-8(5-6-14-4)10(13-12)9-7-11(9,2)3/h8-10,13H,5-7,12H2,1-4H3. The van der Waals surface area contributed by atoms with Gasteiger partial charge in [0.1, 0.15) is 0 Å². The van der Waals surface area contributed by atoms with E-state index in [9.17, 15) is 0 Å². The summed E-state index contributed by atoms with van der Waals surface area (Å²) in [6.45, 7) is 7.69. The van der Waals surface area contributed by atoms with Crippen LogP contribution in [-0.4, -0.2) is 19.8 Å². The van der Waals surface area contributed by atoms with E-state index in [0.717, 1.165) is 18.9 Å². The van der Waals surface area contributed by atoms with Crippen molar-refractivity contribution in [3.05, 3.63) is 0 Å². The van der Waals surface area contributed by atoms with Crippen molar-refractivity contribution in [2.45, 2.75) is 39.7 Å². The van der Waals surface area contributed by atoms with E-state index >= 15 is 0 Å². The summed E-state index contributed by atoms with van der Waals surface area (Å²) in [5, 5.41) is 0. The fraction of sp³-hybridized carbons (Fsp3) is 1.00. The maximum Gasteiger partial charge on any atom is 0.0465 e. The highest BCUT2D eigenvalue weighted by atomic mass is 16.5. The van der Waals surface area contributed by atoms with Gasteiger partial charge in [0, 0.05) is 19.8 Å². The summed E-state index contributed by atoms with van der Waals surface area (Å²) in [5.74, 6) is 6.94. The van der Waals surface area contributed by atoms with Gasteiger partial charge >= 0.3 is 0 Å². The highest BCUT2D eigenvalue weighted by Gasteiger charge is 2.50. The summed E-state index contributed by atoms with van der Waals surface area (Å²) in [7, 11) is 1.75. The van der Waals surface area contributed by atoms with Gasteiger partial charge in [0.05, 0.1) is 0 Å².